The number of carboxylic acid groups (broad SMARTS) is 1. The zero-order valence-electron chi connectivity index (χ0n) is 20.9. The van der Waals surface area contributed by atoms with Crippen LogP contribution < -0.4 is 15.1 Å². The molecule has 1 aliphatic heterocycles. The Labute approximate surface area is 231 Å². The fourth-order valence-corrected chi connectivity index (χ4v) is 4.88. The maximum Gasteiger partial charge on any atom is 0.339 e. The molecule has 206 valence electrons. The van der Waals surface area contributed by atoms with Gasteiger partial charge in [0.15, 0.2) is 0 Å². The molecule has 0 bridgehead atoms. The van der Waals surface area contributed by atoms with Crippen LogP contribution in [0.3, 0.4) is 0 Å². The number of aliphatic hydroxyl groups is 1. The Bertz CT molecular complexity index is 1650. The van der Waals surface area contributed by atoms with Crippen molar-refractivity contribution in [3.63, 3.8) is 0 Å². The summed E-state index contributed by atoms with van der Waals surface area (Å²) in [5.41, 5.74) is 0.641. The number of hydrogen-bond acceptors (Lipinski definition) is 9. The molecule has 1 aliphatic rings. The number of β-amino-alcohol motifs (C(OH)–C–C–N with tert-alkyl or cyclic N) is 1. The van der Waals surface area contributed by atoms with Gasteiger partial charge in [0.05, 0.1) is 27.5 Å². The van der Waals surface area contributed by atoms with Gasteiger partial charge in [0.25, 0.3) is 5.69 Å². The summed E-state index contributed by atoms with van der Waals surface area (Å²) < 4.78 is 17.4. The highest BCUT2D eigenvalue weighted by Crippen LogP contribution is 2.39. The molecule has 0 radical (unpaired) electrons. The van der Waals surface area contributed by atoms with E-state index in [0.717, 1.165) is 0 Å². The van der Waals surface area contributed by atoms with E-state index < -0.39 is 28.7 Å². The summed E-state index contributed by atoms with van der Waals surface area (Å²) in [5, 5.41) is 31.6. The van der Waals surface area contributed by atoms with Crippen LogP contribution in [0, 0.1) is 10.1 Å². The summed E-state index contributed by atoms with van der Waals surface area (Å²) in [6.07, 6.45) is -0.727. The molecule has 1 fully saturated rings. The molecule has 3 aromatic carbocycles. The number of rotatable bonds is 9. The Balaban J connectivity index is 1.51. The second-order valence-corrected chi connectivity index (χ2v) is 9.71. The first-order valence-corrected chi connectivity index (χ1v) is 12.6. The van der Waals surface area contributed by atoms with Crippen molar-refractivity contribution in [2.45, 2.75) is 31.7 Å². The number of aliphatic carboxylic acids is 1. The highest BCUT2D eigenvalue weighted by Gasteiger charge is 2.36. The van der Waals surface area contributed by atoms with Gasteiger partial charge in [-0.05, 0) is 23.8 Å². The van der Waals surface area contributed by atoms with Gasteiger partial charge >= 0.3 is 11.6 Å². The Hall–Kier alpha value is -4.45. The van der Waals surface area contributed by atoms with Crippen molar-refractivity contribution in [1.82, 2.24) is 4.90 Å². The molecule has 0 saturated carbocycles. The lowest BCUT2D eigenvalue weighted by molar-refractivity contribution is -0.384. The second-order valence-electron chi connectivity index (χ2n) is 9.31. The van der Waals surface area contributed by atoms with Crippen molar-refractivity contribution in [2.24, 2.45) is 0 Å². The number of benzene rings is 3. The number of hydrogen-bond donors (Lipinski definition) is 2. The van der Waals surface area contributed by atoms with E-state index in [1.54, 1.807) is 47.4 Å². The SMILES string of the molecule is O=C(O)[C@@H]1C[C@@H](O)CN1Cc1cc(Cl)c(OCc2cccc([N+](=O)[O-])c2)cc1Oc1cc(=O)oc2ccccc12. The van der Waals surface area contributed by atoms with Gasteiger partial charge in [-0.3, -0.25) is 19.8 Å². The van der Waals surface area contributed by atoms with Gasteiger partial charge in [0.2, 0.25) is 0 Å². The van der Waals surface area contributed by atoms with E-state index in [4.69, 9.17) is 25.5 Å². The van der Waals surface area contributed by atoms with E-state index >= 15 is 0 Å². The number of aliphatic hydroxyl groups excluding tert-OH is 1. The van der Waals surface area contributed by atoms with Crippen molar-refractivity contribution in [3.8, 4) is 17.2 Å². The molecule has 2 atom stereocenters. The Morgan fingerprint density at radius 1 is 1.10 bits per heavy atom. The molecule has 2 heterocycles. The molecule has 4 aromatic rings. The molecule has 2 N–H and O–H groups in total. The summed E-state index contributed by atoms with van der Waals surface area (Å²) in [4.78, 5) is 36.2. The number of nitro benzene ring substituents is 1. The fraction of sp³-hybridized carbons (Fsp3) is 0.214. The average molecular weight is 567 g/mol. The van der Waals surface area contributed by atoms with Gasteiger partial charge in [-0.1, -0.05) is 35.9 Å². The standard InChI is InChI=1S/C28H23ClN2O9/c29-21-9-17(13-30-14-19(32)10-22(30)28(34)35)24(39-25-12-27(33)40-23-7-2-1-6-20(23)25)11-26(21)38-15-16-4-3-5-18(8-16)31(36)37/h1-9,11-12,19,22,32H,10,13-15H2,(H,34,35)/t19-,22+/m1/s1. The highest BCUT2D eigenvalue weighted by atomic mass is 35.5. The van der Waals surface area contributed by atoms with Crippen LogP contribution in [0.15, 0.2) is 75.9 Å². The lowest BCUT2D eigenvalue weighted by Crippen LogP contribution is -2.35. The number of nitro groups is 1. The highest BCUT2D eigenvalue weighted by molar-refractivity contribution is 6.32. The summed E-state index contributed by atoms with van der Waals surface area (Å²) in [5.74, 6) is -0.417. The largest absolute Gasteiger partial charge is 0.487 e. The van der Waals surface area contributed by atoms with Crippen LogP contribution in [-0.4, -0.2) is 44.7 Å². The minimum Gasteiger partial charge on any atom is -0.487 e. The van der Waals surface area contributed by atoms with E-state index in [0.29, 0.717) is 22.1 Å². The predicted molar refractivity (Wildman–Crippen MR) is 144 cm³/mol. The van der Waals surface area contributed by atoms with Crippen LogP contribution in [0.1, 0.15) is 17.5 Å². The number of fused-ring (bicyclic) bond motifs is 1. The zero-order chi connectivity index (χ0) is 28.4. The Morgan fingerprint density at radius 3 is 2.67 bits per heavy atom. The van der Waals surface area contributed by atoms with Gasteiger partial charge in [-0.25, -0.2) is 4.79 Å². The maximum atomic E-state index is 12.2. The van der Waals surface area contributed by atoms with Crippen LogP contribution in [-0.2, 0) is 17.9 Å². The molecule has 12 heteroatoms. The van der Waals surface area contributed by atoms with Gasteiger partial charge in [-0.2, -0.15) is 0 Å². The van der Waals surface area contributed by atoms with Crippen molar-refractivity contribution < 1.29 is 33.8 Å². The van der Waals surface area contributed by atoms with Crippen LogP contribution in [0.25, 0.3) is 11.0 Å². The number of para-hydroxylation sites is 1. The third-order valence-electron chi connectivity index (χ3n) is 6.50. The van der Waals surface area contributed by atoms with Crippen molar-refractivity contribution >= 4 is 34.2 Å². The van der Waals surface area contributed by atoms with Gasteiger partial charge in [0.1, 0.15) is 35.5 Å². The number of halogens is 1. The zero-order valence-corrected chi connectivity index (χ0v) is 21.6. The van der Waals surface area contributed by atoms with Crippen LogP contribution in [0.2, 0.25) is 5.02 Å². The number of non-ortho nitro benzene ring substituents is 1. The molecule has 0 spiro atoms. The maximum absolute atomic E-state index is 12.2. The third kappa shape index (κ3) is 5.91. The number of carboxylic acids is 1. The first-order chi connectivity index (χ1) is 19.2. The molecular formula is C28H23ClN2O9. The van der Waals surface area contributed by atoms with E-state index in [9.17, 15) is 29.9 Å². The lowest BCUT2D eigenvalue weighted by atomic mass is 10.1. The molecule has 11 nitrogen and oxygen atoms in total. The van der Waals surface area contributed by atoms with Crippen LogP contribution in [0.5, 0.6) is 17.2 Å². The molecule has 1 saturated heterocycles. The van der Waals surface area contributed by atoms with Crippen LogP contribution in [0.4, 0.5) is 5.69 Å². The van der Waals surface area contributed by atoms with E-state index in [2.05, 4.69) is 0 Å². The average Bonchev–Trinajstić information content (AvgIpc) is 3.29. The topological polar surface area (TPSA) is 153 Å². The lowest BCUT2D eigenvalue weighted by Gasteiger charge is -2.23. The predicted octanol–water partition coefficient (Wildman–Crippen LogP) is 4.75. The number of ether oxygens (including phenoxy) is 2. The first-order valence-electron chi connectivity index (χ1n) is 12.2. The molecule has 1 aromatic heterocycles. The molecule has 40 heavy (non-hydrogen) atoms. The van der Waals surface area contributed by atoms with Gasteiger partial charge in [-0.15, -0.1) is 0 Å². The minimum atomic E-state index is -1.06. The smallest absolute Gasteiger partial charge is 0.339 e. The molecule has 0 amide bonds. The number of nitrogens with zero attached hydrogens (tertiary/aromatic N) is 2. The summed E-state index contributed by atoms with van der Waals surface area (Å²) in [6, 6.07) is 16.2. The molecule has 0 aliphatic carbocycles. The van der Waals surface area contributed by atoms with Gasteiger partial charge < -0.3 is 24.1 Å². The monoisotopic (exact) mass is 566 g/mol. The molecular weight excluding hydrogens is 544 g/mol. The summed E-state index contributed by atoms with van der Waals surface area (Å²) >= 11 is 6.55. The Morgan fingerprint density at radius 2 is 1.90 bits per heavy atom. The van der Waals surface area contributed by atoms with Crippen molar-refractivity contribution in [3.05, 3.63) is 103 Å². The van der Waals surface area contributed by atoms with Crippen LogP contribution >= 0.6 is 11.6 Å². The molecule has 5 rings (SSSR count). The second kappa shape index (κ2) is 11.3. The first kappa shape index (κ1) is 27.1. The summed E-state index contributed by atoms with van der Waals surface area (Å²) in [7, 11) is 0. The molecule has 0 unspecified atom stereocenters. The van der Waals surface area contributed by atoms with E-state index in [1.165, 1.54) is 24.3 Å². The number of likely N-dealkylation sites (tertiary alicyclic amines) is 1. The van der Waals surface area contributed by atoms with E-state index in [-0.39, 0.29) is 54.1 Å². The third-order valence-corrected chi connectivity index (χ3v) is 6.80. The van der Waals surface area contributed by atoms with Crippen molar-refractivity contribution in [2.75, 3.05) is 6.54 Å². The Kier molecular flexibility index (Phi) is 7.69. The van der Waals surface area contributed by atoms with Gasteiger partial charge in [0, 0.05) is 43.3 Å². The summed E-state index contributed by atoms with van der Waals surface area (Å²) in [6.45, 7) is 0.183. The van der Waals surface area contributed by atoms with E-state index in [1.807, 2.05) is 0 Å². The minimum absolute atomic E-state index is 0.0303. The quantitative estimate of drug-likeness (QED) is 0.165. The van der Waals surface area contributed by atoms with Crippen molar-refractivity contribution in [1.29, 1.82) is 0 Å². The normalized spacial score (nSPS) is 17.1. The fourth-order valence-electron chi connectivity index (χ4n) is 4.64. The number of carbonyl (C=O) groups is 1.